The molecule has 29 heavy (non-hydrogen) atoms. The lowest BCUT2D eigenvalue weighted by Gasteiger charge is -2.14. The van der Waals surface area contributed by atoms with E-state index in [1.165, 1.54) is 38.1 Å². The molecular weight excluding hydrogens is 395 g/mol. The molecule has 7 heteroatoms. The van der Waals surface area contributed by atoms with Gasteiger partial charge in [-0.15, -0.1) is 0 Å². The number of hydrogen-bond acceptors (Lipinski definition) is 5. The molecule has 0 atom stereocenters. The lowest BCUT2D eigenvalue weighted by Crippen LogP contribution is -2.21. The van der Waals surface area contributed by atoms with E-state index in [1.807, 2.05) is 0 Å². The molecule has 0 bridgehead atoms. The lowest BCUT2D eigenvalue weighted by atomic mass is 9.99. The SMILES string of the molecule is CC(=O)CC(CC(C)=O)CS(=O)(=O)c1ccc(COCc2ccc(F)cc2)cc1. The van der Waals surface area contributed by atoms with E-state index >= 15 is 0 Å². The average Bonchev–Trinajstić information content (AvgIpc) is 2.62. The number of benzene rings is 2. The van der Waals surface area contributed by atoms with E-state index in [2.05, 4.69) is 0 Å². The maximum Gasteiger partial charge on any atom is 0.178 e. The van der Waals surface area contributed by atoms with Crippen LogP contribution in [-0.4, -0.2) is 25.7 Å². The number of Topliss-reactive ketones (excluding diaryl/α,β-unsaturated/α-hetero) is 2. The van der Waals surface area contributed by atoms with Crippen LogP contribution in [0.5, 0.6) is 0 Å². The maximum atomic E-state index is 12.9. The van der Waals surface area contributed by atoms with Crippen molar-refractivity contribution in [3.05, 3.63) is 65.5 Å². The van der Waals surface area contributed by atoms with Crippen LogP contribution in [0.3, 0.4) is 0 Å². The Morgan fingerprint density at radius 1 is 0.862 bits per heavy atom. The molecule has 0 saturated heterocycles. The van der Waals surface area contributed by atoms with Crippen LogP contribution in [-0.2, 0) is 37.4 Å². The van der Waals surface area contributed by atoms with Gasteiger partial charge in [0.05, 0.1) is 23.9 Å². The predicted molar refractivity (Wildman–Crippen MR) is 107 cm³/mol. The quantitative estimate of drug-likeness (QED) is 0.551. The third kappa shape index (κ3) is 7.87. The van der Waals surface area contributed by atoms with Gasteiger partial charge in [-0.1, -0.05) is 24.3 Å². The summed E-state index contributed by atoms with van der Waals surface area (Å²) in [5.74, 6) is -1.35. The molecule has 2 rings (SSSR count). The molecule has 5 nitrogen and oxygen atoms in total. The van der Waals surface area contributed by atoms with E-state index in [0.29, 0.717) is 6.61 Å². The van der Waals surface area contributed by atoms with E-state index in [0.717, 1.165) is 11.1 Å². The molecule has 156 valence electrons. The van der Waals surface area contributed by atoms with Crippen LogP contribution >= 0.6 is 0 Å². The number of hydrogen-bond donors (Lipinski definition) is 0. The minimum absolute atomic E-state index is 0.0636. The summed E-state index contributed by atoms with van der Waals surface area (Å²) in [6.07, 6.45) is 0.127. The number of halogens is 1. The van der Waals surface area contributed by atoms with Crippen LogP contribution in [0, 0.1) is 11.7 Å². The van der Waals surface area contributed by atoms with Gasteiger partial charge < -0.3 is 14.3 Å². The third-order valence-corrected chi connectivity index (χ3v) is 6.24. The first kappa shape index (κ1) is 22.9. The highest BCUT2D eigenvalue weighted by Gasteiger charge is 2.23. The highest BCUT2D eigenvalue weighted by atomic mass is 32.2. The van der Waals surface area contributed by atoms with Crippen LogP contribution < -0.4 is 0 Å². The Labute approximate surface area is 170 Å². The second-order valence-electron chi connectivity index (χ2n) is 7.22. The Hall–Kier alpha value is -2.38. The van der Waals surface area contributed by atoms with Crippen molar-refractivity contribution in [2.75, 3.05) is 5.75 Å². The van der Waals surface area contributed by atoms with Crippen molar-refractivity contribution >= 4 is 21.4 Å². The van der Waals surface area contributed by atoms with Gasteiger partial charge in [-0.2, -0.15) is 0 Å². The highest BCUT2D eigenvalue weighted by Crippen LogP contribution is 2.20. The number of ether oxygens (including phenoxy) is 1. The molecule has 0 saturated carbocycles. The van der Waals surface area contributed by atoms with Gasteiger partial charge in [0.2, 0.25) is 0 Å². The monoisotopic (exact) mass is 420 g/mol. The zero-order valence-electron chi connectivity index (χ0n) is 16.6. The molecule has 0 aromatic heterocycles. The summed E-state index contributed by atoms with van der Waals surface area (Å²) in [6, 6.07) is 12.4. The Morgan fingerprint density at radius 2 is 1.31 bits per heavy atom. The summed E-state index contributed by atoms with van der Waals surface area (Å²) in [5, 5.41) is 0. The first-order chi connectivity index (χ1) is 13.7. The van der Waals surface area contributed by atoms with Gasteiger partial charge in [-0.25, -0.2) is 12.8 Å². The van der Waals surface area contributed by atoms with Crippen molar-refractivity contribution in [2.24, 2.45) is 5.92 Å². The molecule has 0 N–H and O–H groups in total. The van der Waals surface area contributed by atoms with Crippen molar-refractivity contribution < 1.29 is 27.1 Å². The summed E-state index contributed by atoms with van der Waals surface area (Å²) in [5.41, 5.74) is 1.64. The van der Waals surface area contributed by atoms with Gasteiger partial charge in [0.1, 0.15) is 17.4 Å². The predicted octanol–water partition coefficient (Wildman–Crippen LogP) is 3.89. The molecule has 0 heterocycles. The molecule has 0 aliphatic carbocycles. The van der Waals surface area contributed by atoms with Crippen LogP contribution in [0.4, 0.5) is 4.39 Å². The van der Waals surface area contributed by atoms with Crippen LogP contribution in [0.2, 0.25) is 0 Å². The summed E-state index contributed by atoms with van der Waals surface area (Å²) in [7, 11) is -3.62. The molecule has 0 aliphatic heterocycles. The fourth-order valence-corrected chi connectivity index (χ4v) is 4.67. The van der Waals surface area contributed by atoms with Crippen LogP contribution in [0.25, 0.3) is 0 Å². The van der Waals surface area contributed by atoms with Crippen molar-refractivity contribution in [1.29, 1.82) is 0 Å². The van der Waals surface area contributed by atoms with E-state index in [1.54, 1.807) is 24.3 Å². The average molecular weight is 421 g/mol. The number of ketones is 2. The summed E-state index contributed by atoms with van der Waals surface area (Å²) in [6.45, 7) is 3.38. The largest absolute Gasteiger partial charge is 0.372 e. The molecule has 0 aliphatic rings. The Kier molecular flexibility index (Phi) is 8.22. The van der Waals surface area contributed by atoms with E-state index in [-0.39, 0.29) is 47.5 Å². The molecule has 2 aromatic rings. The zero-order valence-corrected chi connectivity index (χ0v) is 17.4. The Morgan fingerprint density at radius 3 is 1.76 bits per heavy atom. The molecule has 0 fully saturated rings. The summed E-state index contributed by atoms with van der Waals surface area (Å²) in [4.78, 5) is 22.9. The van der Waals surface area contributed by atoms with Crippen molar-refractivity contribution in [2.45, 2.75) is 44.8 Å². The van der Waals surface area contributed by atoms with Crippen molar-refractivity contribution in [3.8, 4) is 0 Å². The van der Waals surface area contributed by atoms with Gasteiger partial charge in [-0.3, -0.25) is 0 Å². The fraction of sp³-hybridized carbons (Fsp3) is 0.364. The highest BCUT2D eigenvalue weighted by molar-refractivity contribution is 7.91. The molecule has 0 unspecified atom stereocenters. The minimum Gasteiger partial charge on any atom is -0.372 e. The van der Waals surface area contributed by atoms with Crippen molar-refractivity contribution in [3.63, 3.8) is 0 Å². The number of rotatable bonds is 11. The van der Waals surface area contributed by atoms with Gasteiger partial charge in [0.25, 0.3) is 0 Å². The van der Waals surface area contributed by atoms with E-state index in [4.69, 9.17) is 4.74 Å². The Balaban J connectivity index is 1.96. The van der Waals surface area contributed by atoms with Crippen molar-refractivity contribution in [1.82, 2.24) is 0 Å². The van der Waals surface area contributed by atoms with Gasteiger partial charge in [0, 0.05) is 12.8 Å². The van der Waals surface area contributed by atoms with Crippen LogP contribution in [0.15, 0.2) is 53.4 Å². The summed E-state index contributed by atoms with van der Waals surface area (Å²) >= 11 is 0. The second kappa shape index (κ2) is 10.4. The zero-order chi connectivity index (χ0) is 21.4. The normalized spacial score (nSPS) is 11.6. The number of carbonyl (C=O) groups excluding carboxylic acids is 2. The second-order valence-corrected chi connectivity index (χ2v) is 9.26. The van der Waals surface area contributed by atoms with E-state index in [9.17, 15) is 22.4 Å². The summed E-state index contributed by atoms with van der Waals surface area (Å²) < 4.78 is 43.8. The van der Waals surface area contributed by atoms with Crippen LogP contribution in [0.1, 0.15) is 37.8 Å². The molecule has 2 aromatic carbocycles. The maximum absolute atomic E-state index is 12.9. The van der Waals surface area contributed by atoms with Gasteiger partial charge in [-0.05, 0) is 55.2 Å². The number of sulfone groups is 1. The Bertz CT molecular complexity index is 918. The first-order valence-corrected chi connectivity index (χ1v) is 10.9. The third-order valence-electron chi connectivity index (χ3n) is 4.34. The first-order valence-electron chi connectivity index (χ1n) is 9.28. The number of carbonyl (C=O) groups is 2. The standard InChI is InChI=1S/C22H25FO5S/c1-16(24)11-20(12-17(2)25)15-29(26,27)22-9-5-19(6-10-22)14-28-13-18-3-7-21(23)8-4-18/h3-10,20H,11-15H2,1-2H3. The molecular formula is C22H25FO5S. The molecule has 0 spiro atoms. The smallest absolute Gasteiger partial charge is 0.178 e. The minimum atomic E-state index is -3.62. The van der Waals surface area contributed by atoms with Gasteiger partial charge in [0.15, 0.2) is 9.84 Å². The lowest BCUT2D eigenvalue weighted by molar-refractivity contribution is -0.119. The fourth-order valence-electron chi connectivity index (χ4n) is 3.07. The topological polar surface area (TPSA) is 77.5 Å². The molecule has 0 amide bonds. The molecule has 0 radical (unpaired) electrons. The van der Waals surface area contributed by atoms with Gasteiger partial charge >= 0.3 is 0 Å². The van der Waals surface area contributed by atoms with E-state index < -0.39 is 15.8 Å².